The third-order valence-electron chi connectivity index (χ3n) is 3.04. The van der Waals surface area contributed by atoms with E-state index in [0.717, 1.165) is 13.0 Å². The summed E-state index contributed by atoms with van der Waals surface area (Å²) in [7, 11) is 0. The van der Waals surface area contributed by atoms with Gasteiger partial charge in [0.1, 0.15) is 0 Å². The first-order chi connectivity index (χ1) is 7.93. The molecule has 1 rings (SSSR count). The van der Waals surface area contributed by atoms with E-state index < -0.39 is 0 Å². The molecule has 1 heteroatoms. The van der Waals surface area contributed by atoms with Gasteiger partial charge in [0.15, 0.2) is 0 Å². The summed E-state index contributed by atoms with van der Waals surface area (Å²) >= 11 is 0. The molecule has 0 aromatic rings. The van der Waals surface area contributed by atoms with Crippen LogP contribution in [0.4, 0.5) is 0 Å². The Morgan fingerprint density at radius 2 is 1.94 bits per heavy atom. The minimum Gasteiger partial charge on any atom is -0.501 e. The zero-order chi connectivity index (χ0) is 11.5. The molecule has 0 heterocycles. The molecule has 0 spiro atoms. The van der Waals surface area contributed by atoms with Crippen LogP contribution in [0.1, 0.15) is 64.7 Å². The molecule has 0 aromatic heterocycles. The van der Waals surface area contributed by atoms with E-state index in [0.29, 0.717) is 0 Å². The summed E-state index contributed by atoms with van der Waals surface area (Å²) in [6, 6.07) is 0. The van der Waals surface area contributed by atoms with Gasteiger partial charge in [-0.25, -0.2) is 0 Å². The van der Waals surface area contributed by atoms with Crippen molar-refractivity contribution in [3.63, 3.8) is 0 Å². The van der Waals surface area contributed by atoms with Crippen molar-refractivity contribution in [2.45, 2.75) is 64.7 Å². The van der Waals surface area contributed by atoms with Gasteiger partial charge < -0.3 is 4.74 Å². The Labute approximate surface area is 101 Å². The van der Waals surface area contributed by atoms with Crippen molar-refractivity contribution in [1.29, 1.82) is 0 Å². The van der Waals surface area contributed by atoms with E-state index in [1.807, 2.05) is 6.26 Å². The summed E-state index contributed by atoms with van der Waals surface area (Å²) in [5.74, 6) is 0. The van der Waals surface area contributed by atoms with E-state index >= 15 is 0 Å². The molecule has 1 aliphatic rings. The molecule has 0 saturated carbocycles. The van der Waals surface area contributed by atoms with E-state index in [1.54, 1.807) is 0 Å². The number of hydrogen-bond donors (Lipinski definition) is 0. The van der Waals surface area contributed by atoms with Gasteiger partial charge in [-0.2, -0.15) is 0 Å². The smallest absolute Gasteiger partial charge is 0.0873 e. The van der Waals surface area contributed by atoms with Gasteiger partial charge in [-0.05, 0) is 31.3 Å². The molecule has 1 aliphatic carbocycles. The van der Waals surface area contributed by atoms with Crippen LogP contribution in [0.5, 0.6) is 0 Å². The maximum Gasteiger partial charge on any atom is 0.0873 e. The molecular weight excluding hydrogens is 196 g/mol. The molecular formula is C15H26O. The molecule has 0 saturated heterocycles. The largest absolute Gasteiger partial charge is 0.501 e. The highest BCUT2D eigenvalue weighted by Gasteiger charge is 1.99. The summed E-state index contributed by atoms with van der Waals surface area (Å²) in [6.45, 7) is 3.16. The molecule has 0 atom stereocenters. The Hall–Kier alpha value is -0.720. The Bertz CT molecular complexity index is 215. The third kappa shape index (κ3) is 6.71. The quantitative estimate of drug-likeness (QED) is 0.319. The normalized spacial score (nSPS) is 17.9. The van der Waals surface area contributed by atoms with Crippen LogP contribution in [0.25, 0.3) is 0 Å². The Balaban J connectivity index is 1.89. The minimum absolute atomic E-state index is 0.902. The average Bonchev–Trinajstić information content (AvgIpc) is 2.34. The number of ether oxygens (including phenoxy) is 1. The fourth-order valence-electron chi connectivity index (χ4n) is 1.97. The standard InChI is InChI=1S/C15H26O/c1-2-3-4-5-6-10-13-16-14-15-11-8-7-9-12-15/h7-8,14H,2-6,9-13H2,1H3. The van der Waals surface area contributed by atoms with Gasteiger partial charge in [0, 0.05) is 0 Å². The molecule has 0 N–H and O–H groups in total. The second kappa shape index (κ2) is 9.50. The highest BCUT2D eigenvalue weighted by Crippen LogP contribution is 2.16. The molecule has 0 radical (unpaired) electrons. The van der Waals surface area contributed by atoms with E-state index in [-0.39, 0.29) is 0 Å². The fraction of sp³-hybridized carbons (Fsp3) is 0.733. The van der Waals surface area contributed by atoms with E-state index in [2.05, 4.69) is 19.1 Å². The average molecular weight is 222 g/mol. The first-order valence-corrected chi connectivity index (χ1v) is 6.88. The summed E-state index contributed by atoms with van der Waals surface area (Å²) in [5.41, 5.74) is 1.45. The molecule has 16 heavy (non-hydrogen) atoms. The van der Waals surface area contributed by atoms with Crippen LogP contribution in [-0.2, 0) is 4.74 Å². The molecule has 0 fully saturated rings. The highest BCUT2D eigenvalue weighted by molar-refractivity contribution is 5.10. The van der Waals surface area contributed by atoms with Crippen molar-refractivity contribution >= 4 is 0 Å². The number of unbranched alkanes of at least 4 members (excludes halogenated alkanes) is 5. The van der Waals surface area contributed by atoms with Gasteiger partial charge in [-0.1, -0.05) is 51.2 Å². The fourth-order valence-corrected chi connectivity index (χ4v) is 1.97. The van der Waals surface area contributed by atoms with Crippen LogP contribution in [0, 0.1) is 0 Å². The topological polar surface area (TPSA) is 9.23 Å². The molecule has 0 aliphatic heterocycles. The van der Waals surface area contributed by atoms with Crippen molar-refractivity contribution in [1.82, 2.24) is 0 Å². The van der Waals surface area contributed by atoms with E-state index in [9.17, 15) is 0 Å². The Morgan fingerprint density at radius 1 is 1.12 bits per heavy atom. The zero-order valence-electron chi connectivity index (χ0n) is 10.7. The van der Waals surface area contributed by atoms with Crippen LogP contribution in [-0.4, -0.2) is 6.61 Å². The Morgan fingerprint density at radius 3 is 2.69 bits per heavy atom. The van der Waals surface area contributed by atoms with Gasteiger partial charge in [0.05, 0.1) is 12.9 Å². The lowest BCUT2D eigenvalue weighted by molar-refractivity contribution is 0.236. The second-order valence-corrected chi connectivity index (χ2v) is 4.63. The molecule has 0 bridgehead atoms. The van der Waals surface area contributed by atoms with Crippen molar-refractivity contribution in [3.05, 3.63) is 24.0 Å². The number of allylic oxidation sites excluding steroid dienone is 3. The second-order valence-electron chi connectivity index (χ2n) is 4.63. The van der Waals surface area contributed by atoms with E-state index in [4.69, 9.17) is 4.74 Å². The van der Waals surface area contributed by atoms with Gasteiger partial charge in [0.2, 0.25) is 0 Å². The Kier molecular flexibility index (Phi) is 7.93. The zero-order valence-corrected chi connectivity index (χ0v) is 10.7. The van der Waals surface area contributed by atoms with Crippen LogP contribution < -0.4 is 0 Å². The molecule has 0 amide bonds. The minimum atomic E-state index is 0.902. The molecule has 1 nitrogen and oxygen atoms in total. The first-order valence-electron chi connectivity index (χ1n) is 6.88. The lowest BCUT2D eigenvalue weighted by Crippen LogP contribution is -1.92. The van der Waals surface area contributed by atoms with Crippen molar-refractivity contribution < 1.29 is 4.74 Å². The van der Waals surface area contributed by atoms with Crippen LogP contribution in [0.2, 0.25) is 0 Å². The third-order valence-corrected chi connectivity index (χ3v) is 3.04. The number of rotatable bonds is 8. The van der Waals surface area contributed by atoms with Gasteiger partial charge in [0.25, 0.3) is 0 Å². The molecule has 0 unspecified atom stereocenters. The lowest BCUT2D eigenvalue weighted by atomic mass is 10.0. The summed E-state index contributed by atoms with van der Waals surface area (Å²) in [4.78, 5) is 0. The van der Waals surface area contributed by atoms with Crippen molar-refractivity contribution in [2.75, 3.05) is 6.61 Å². The maximum absolute atomic E-state index is 5.58. The van der Waals surface area contributed by atoms with Crippen LogP contribution in [0.3, 0.4) is 0 Å². The van der Waals surface area contributed by atoms with Crippen molar-refractivity contribution in [3.8, 4) is 0 Å². The van der Waals surface area contributed by atoms with Gasteiger partial charge in [-0.3, -0.25) is 0 Å². The van der Waals surface area contributed by atoms with Crippen LogP contribution >= 0.6 is 0 Å². The maximum atomic E-state index is 5.58. The highest BCUT2D eigenvalue weighted by atomic mass is 16.5. The van der Waals surface area contributed by atoms with Crippen LogP contribution in [0.15, 0.2) is 24.0 Å². The molecule has 0 aromatic carbocycles. The summed E-state index contributed by atoms with van der Waals surface area (Å²) in [5, 5.41) is 0. The summed E-state index contributed by atoms with van der Waals surface area (Å²) < 4.78 is 5.58. The lowest BCUT2D eigenvalue weighted by Gasteiger charge is -2.08. The van der Waals surface area contributed by atoms with Gasteiger partial charge >= 0.3 is 0 Å². The SMILES string of the molecule is CCCCCCCCOC=C1CC=CCC1. The molecule has 92 valence electrons. The predicted molar refractivity (Wildman–Crippen MR) is 70.4 cm³/mol. The van der Waals surface area contributed by atoms with Crippen molar-refractivity contribution in [2.24, 2.45) is 0 Å². The summed E-state index contributed by atoms with van der Waals surface area (Å²) in [6.07, 6.45) is 18.0. The predicted octanol–water partition coefficient (Wildman–Crippen LogP) is 4.99. The first kappa shape index (κ1) is 13.3. The van der Waals surface area contributed by atoms with E-state index in [1.165, 1.54) is 56.9 Å². The van der Waals surface area contributed by atoms with Gasteiger partial charge in [-0.15, -0.1) is 0 Å². The number of hydrogen-bond acceptors (Lipinski definition) is 1. The monoisotopic (exact) mass is 222 g/mol.